The first-order chi connectivity index (χ1) is 12.1. The lowest BCUT2D eigenvalue weighted by Gasteiger charge is -2.04. The van der Waals surface area contributed by atoms with Crippen molar-refractivity contribution in [3.05, 3.63) is 30.3 Å². The fourth-order valence-corrected chi connectivity index (χ4v) is 2.42. The van der Waals surface area contributed by atoms with Crippen LogP contribution in [0.2, 0.25) is 0 Å². The zero-order valence-corrected chi connectivity index (χ0v) is 15.8. The van der Waals surface area contributed by atoms with Gasteiger partial charge in [-0.3, -0.25) is 0 Å². The molecule has 144 valence electrons. The largest absolute Gasteiger partial charge is 0.358 e. The lowest BCUT2D eigenvalue weighted by molar-refractivity contribution is -0.139. The Bertz CT molecular complexity index is 421. The highest BCUT2D eigenvalue weighted by Gasteiger charge is 2.17. The summed E-state index contributed by atoms with van der Waals surface area (Å²) in [5, 5.41) is 0. The zero-order chi connectivity index (χ0) is 18.8. The molecule has 1 aromatic heterocycles. The lowest BCUT2D eigenvalue weighted by Crippen LogP contribution is -2.14. The summed E-state index contributed by atoms with van der Waals surface area (Å²) in [6.07, 6.45) is 12.0. The SMILES string of the molecule is CCCCCCCCCCCCC(F)C(=O)OCl.Fc1ccccn1. The molecule has 0 N–H and O–H groups in total. The van der Waals surface area contributed by atoms with Crippen LogP contribution in [0.1, 0.15) is 77.6 Å². The molecule has 0 bridgehead atoms. The Labute approximate surface area is 155 Å². The molecule has 0 aliphatic carbocycles. The molecule has 0 aliphatic heterocycles. The van der Waals surface area contributed by atoms with Crippen LogP contribution < -0.4 is 0 Å². The third kappa shape index (κ3) is 16.0. The van der Waals surface area contributed by atoms with Gasteiger partial charge in [0.25, 0.3) is 0 Å². The van der Waals surface area contributed by atoms with E-state index in [1.54, 1.807) is 12.1 Å². The van der Waals surface area contributed by atoms with E-state index in [4.69, 9.17) is 11.9 Å². The normalized spacial score (nSPS) is 11.4. The van der Waals surface area contributed by atoms with Gasteiger partial charge in [0.1, 0.15) is 11.9 Å². The van der Waals surface area contributed by atoms with Crippen molar-refractivity contribution < 1.29 is 17.9 Å². The van der Waals surface area contributed by atoms with Crippen molar-refractivity contribution in [3.63, 3.8) is 0 Å². The second-order valence-electron chi connectivity index (χ2n) is 5.99. The highest BCUT2D eigenvalue weighted by atomic mass is 35.5. The highest BCUT2D eigenvalue weighted by molar-refractivity contribution is 6.13. The van der Waals surface area contributed by atoms with E-state index < -0.39 is 18.1 Å². The van der Waals surface area contributed by atoms with Crippen molar-refractivity contribution in [2.24, 2.45) is 0 Å². The van der Waals surface area contributed by atoms with Crippen LogP contribution in [0.5, 0.6) is 0 Å². The highest BCUT2D eigenvalue weighted by Crippen LogP contribution is 2.13. The van der Waals surface area contributed by atoms with Crippen LogP contribution in [0.3, 0.4) is 0 Å². The van der Waals surface area contributed by atoms with Crippen LogP contribution in [-0.4, -0.2) is 17.1 Å². The Hall–Kier alpha value is -1.23. The fourth-order valence-electron chi connectivity index (χ4n) is 2.32. The van der Waals surface area contributed by atoms with E-state index in [0.717, 1.165) is 19.3 Å². The average molecular weight is 378 g/mol. The summed E-state index contributed by atoms with van der Waals surface area (Å²) in [4.78, 5) is 14.0. The number of halogens is 3. The molecule has 0 fully saturated rings. The van der Waals surface area contributed by atoms with Gasteiger partial charge in [-0.2, -0.15) is 4.39 Å². The molecule has 0 radical (unpaired) electrons. The minimum Gasteiger partial charge on any atom is -0.345 e. The average Bonchev–Trinajstić information content (AvgIpc) is 2.63. The Morgan fingerprint density at radius 1 is 1.08 bits per heavy atom. The van der Waals surface area contributed by atoms with E-state index in [-0.39, 0.29) is 6.42 Å². The van der Waals surface area contributed by atoms with Crippen LogP contribution in [0.15, 0.2) is 24.4 Å². The van der Waals surface area contributed by atoms with Gasteiger partial charge in [0, 0.05) is 6.20 Å². The van der Waals surface area contributed by atoms with Gasteiger partial charge in [-0.1, -0.05) is 70.8 Å². The number of pyridine rings is 1. The standard InChI is InChI=1S/C14H26ClFO2.C5H4FN/c1-2-3-4-5-6-7-8-9-10-11-12-13(16)14(17)18-15;6-5-3-1-2-4-7-5/h13H,2-12H2,1H3;1-4H. The molecule has 0 saturated heterocycles. The number of aromatic nitrogens is 1. The topological polar surface area (TPSA) is 39.2 Å². The summed E-state index contributed by atoms with van der Waals surface area (Å²) in [6, 6.07) is 4.57. The van der Waals surface area contributed by atoms with E-state index in [1.165, 1.54) is 57.2 Å². The van der Waals surface area contributed by atoms with Crippen molar-refractivity contribution in [3.8, 4) is 0 Å². The van der Waals surface area contributed by atoms with Crippen molar-refractivity contribution >= 4 is 17.8 Å². The Morgan fingerprint density at radius 2 is 1.64 bits per heavy atom. The molecule has 1 unspecified atom stereocenters. The second-order valence-corrected chi connectivity index (χ2v) is 6.14. The summed E-state index contributed by atoms with van der Waals surface area (Å²) in [6.45, 7) is 2.22. The van der Waals surface area contributed by atoms with Crippen LogP contribution in [0, 0.1) is 5.95 Å². The predicted octanol–water partition coefficient (Wildman–Crippen LogP) is 6.55. The van der Waals surface area contributed by atoms with Gasteiger partial charge >= 0.3 is 5.97 Å². The monoisotopic (exact) mass is 377 g/mol. The van der Waals surface area contributed by atoms with Crippen LogP contribution >= 0.6 is 11.9 Å². The molecule has 1 heterocycles. The minimum atomic E-state index is -1.56. The Kier molecular flexibility index (Phi) is 16.7. The van der Waals surface area contributed by atoms with E-state index in [1.807, 2.05) is 0 Å². The first-order valence-corrected chi connectivity index (χ1v) is 9.45. The molecule has 25 heavy (non-hydrogen) atoms. The molecule has 0 spiro atoms. The predicted molar refractivity (Wildman–Crippen MR) is 97.5 cm³/mol. The van der Waals surface area contributed by atoms with Gasteiger partial charge in [0.2, 0.25) is 5.95 Å². The van der Waals surface area contributed by atoms with E-state index in [0.29, 0.717) is 0 Å². The number of hydrogen-bond donors (Lipinski definition) is 0. The first kappa shape index (κ1) is 23.8. The summed E-state index contributed by atoms with van der Waals surface area (Å²) in [5.41, 5.74) is 0. The zero-order valence-electron chi connectivity index (χ0n) is 15.1. The van der Waals surface area contributed by atoms with E-state index in [9.17, 15) is 13.6 Å². The van der Waals surface area contributed by atoms with Crippen molar-refractivity contribution in [1.29, 1.82) is 0 Å². The molecule has 1 aromatic rings. The van der Waals surface area contributed by atoms with Crippen molar-refractivity contribution in [1.82, 2.24) is 4.98 Å². The number of carbonyl (C=O) groups excluding carboxylic acids is 1. The van der Waals surface area contributed by atoms with Crippen LogP contribution in [-0.2, 0) is 9.08 Å². The van der Waals surface area contributed by atoms with Crippen molar-refractivity contribution in [2.75, 3.05) is 0 Å². The molecule has 0 aliphatic rings. The third-order valence-corrected chi connectivity index (χ3v) is 3.92. The second kappa shape index (κ2) is 17.6. The molecular formula is C19H30ClF2NO2. The molecule has 1 atom stereocenters. The number of nitrogens with zero attached hydrogens (tertiary/aromatic N) is 1. The number of carbonyl (C=O) groups is 1. The number of rotatable bonds is 12. The van der Waals surface area contributed by atoms with Gasteiger partial charge in [-0.15, -0.1) is 0 Å². The maximum Gasteiger partial charge on any atom is 0.358 e. The smallest absolute Gasteiger partial charge is 0.345 e. The molecular weight excluding hydrogens is 348 g/mol. The van der Waals surface area contributed by atoms with Crippen LogP contribution in [0.25, 0.3) is 0 Å². The third-order valence-electron chi connectivity index (χ3n) is 3.77. The minimum absolute atomic E-state index is 0.224. The fraction of sp³-hybridized carbons (Fsp3) is 0.684. The Balaban J connectivity index is 0.000000676. The van der Waals surface area contributed by atoms with Gasteiger partial charge in [0.05, 0.1) is 0 Å². The van der Waals surface area contributed by atoms with Crippen molar-refractivity contribution in [2.45, 2.75) is 83.7 Å². The summed E-state index contributed by atoms with van der Waals surface area (Å²) < 4.78 is 28.6. The molecule has 0 saturated carbocycles. The maximum absolute atomic E-state index is 13.0. The lowest BCUT2D eigenvalue weighted by atomic mass is 10.1. The molecule has 1 rings (SSSR count). The van der Waals surface area contributed by atoms with Gasteiger partial charge in [-0.05, 0) is 25.0 Å². The molecule has 0 amide bonds. The van der Waals surface area contributed by atoms with Gasteiger partial charge < -0.3 is 4.29 Å². The number of hydrogen-bond acceptors (Lipinski definition) is 3. The molecule has 6 heteroatoms. The van der Waals surface area contributed by atoms with E-state index in [2.05, 4.69) is 16.2 Å². The quantitative estimate of drug-likeness (QED) is 0.306. The summed E-state index contributed by atoms with van der Waals surface area (Å²) in [5.74, 6) is -1.39. The summed E-state index contributed by atoms with van der Waals surface area (Å²) >= 11 is 4.79. The number of unbranched alkanes of at least 4 members (excludes halogenated alkanes) is 9. The van der Waals surface area contributed by atoms with Crippen LogP contribution in [0.4, 0.5) is 8.78 Å². The maximum atomic E-state index is 13.0. The first-order valence-electron chi connectivity index (χ1n) is 9.14. The molecule has 3 nitrogen and oxygen atoms in total. The van der Waals surface area contributed by atoms with Gasteiger partial charge in [-0.25, -0.2) is 14.2 Å². The summed E-state index contributed by atoms with van der Waals surface area (Å²) in [7, 11) is 0. The molecule has 0 aromatic carbocycles. The number of alkyl halides is 1. The van der Waals surface area contributed by atoms with Gasteiger partial charge in [0.15, 0.2) is 6.17 Å². The Morgan fingerprint density at radius 3 is 2.04 bits per heavy atom. The van der Waals surface area contributed by atoms with E-state index >= 15 is 0 Å².